The highest BCUT2D eigenvalue weighted by molar-refractivity contribution is 5.42. The zero-order valence-corrected chi connectivity index (χ0v) is 15.3. The molecule has 0 aliphatic carbocycles. The van der Waals surface area contributed by atoms with Crippen molar-refractivity contribution < 1.29 is 24.3 Å². The summed E-state index contributed by atoms with van der Waals surface area (Å²) in [6.45, 7) is 9.64. The van der Waals surface area contributed by atoms with E-state index in [1.165, 1.54) is 37.4 Å². The van der Waals surface area contributed by atoms with Crippen LogP contribution in [0.4, 0.5) is 0 Å². The summed E-state index contributed by atoms with van der Waals surface area (Å²) in [6, 6.07) is 12.6. The van der Waals surface area contributed by atoms with E-state index in [0.717, 1.165) is 24.6 Å². The summed E-state index contributed by atoms with van der Waals surface area (Å²) >= 11 is 0. The lowest BCUT2D eigenvalue weighted by Crippen LogP contribution is -3.27. The third kappa shape index (κ3) is 4.94. The van der Waals surface area contributed by atoms with Gasteiger partial charge in [0.25, 0.3) is 0 Å². The van der Waals surface area contributed by atoms with E-state index < -0.39 is 0 Å². The van der Waals surface area contributed by atoms with E-state index in [9.17, 15) is 0 Å². The highest BCUT2D eigenvalue weighted by Gasteiger charge is 2.24. The molecule has 2 aromatic rings. The normalized spacial score (nSPS) is 20.2. The monoisotopic (exact) mass is 344 g/mol. The van der Waals surface area contributed by atoms with Crippen LogP contribution in [0.3, 0.4) is 0 Å². The second-order valence-electron chi connectivity index (χ2n) is 6.66. The van der Waals surface area contributed by atoms with Gasteiger partial charge in [0.05, 0.1) is 13.7 Å². The fourth-order valence-electron chi connectivity index (χ4n) is 3.51. The Morgan fingerprint density at radius 3 is 2.36 bits per heavy atom. The van der Waals surface area contributed by atoms with Gasteiger partial charge < -0.3 is 19.3 Å². The molecule has 0 spiro atoms. The Morgan fingerprint density at radius 1 is 0.960 bits per heavy atom. The van der Waals surface area contributed by atoms with E-state index in [-0.39, 0.29) is 0 Å². The molecule has 0 atom stereocenters. The maximum atomic E-state index is 5.70. The van der Waals surface area contributed by atoms with Crippen molar-refractivity contribution in [3.05, 3.63) is 53.9 Å². The first-order valence-corrected chi connectivity index (χ1v) is 9.21. The van der Waals surface area contributed by atoms with Gasteiger partial charge in [-0.2, -0.15) is 0 Å². The number of piperazine rings is 1. The van der Waals surface area contributed by atoms with Gasteiger partial charge in [0.1, 0.15) is 32.7 Å². The molecule has 1 aromatic heterocycles. The van der Waals surface area contributed by atoms with E-state index in [4.69, 9.17) is 9.47 Å². The van der Waals surface area contributed by atoms with Crippen LogP contribution in [0.5, 0.6) is 11.5 Å². The molecule has 1 aromatic carbocycles. The van der Waals surface area contributed by atoms with Crippen LogP contribution >= 0.6 is 0 Å². The Labute approximate surface area is 150 Å². The molecule has 0 unspecified atom stereocenters. The largest absolute Gasteiger partial charge is 0.493 e. The van der Waals surface area contributed by atoms with Crippen LogP contribution in [0, 0.1) is 0 Å². The lowest BCUT2D eigenvalue weighted by atomic mass is 10.1. The average molecular weight is 344 g/mol. The van der Waals surface area contributed by atoms with Crippen molar-refractivity contribution in [2.24, 2.45) is 0 Å². The number of nitrogens with one attached hydrogen (secondary N) is 3. The summed E-state index contributed by atoms with van der Waals surface area (Å²) in [6.07, 6.45) is 2.01. The average Bonchev–Trinajstić information content (AvgIpc) is 2.65. The number of methoxy groups -OCH3 is 1. The molecule has 5 heteroatoms. The highest BCUT2D eigenvalue weighted by atomic mass is 16.5. The first-order valence-electron chi connectivity index (χ1n) is 9.21. The molecule has 5 nitrogen and oxygen atoms in total. The van der Waals surface area contributed by atoms with E-state index in [2.05, 4.69) is 29.2 Å². The standard InChI is InChI=1S/C20H27N3O2/c1-3-25-20-14-17(7-8-19(20)24-2)15-22-10-12-23(13-11-22)16-18-6-4-5-9-21-18/h4-9,14H,3,10-13,15-16H2,1-2H3/p+3. The second-order valence-corrected chi connectivity index (χ2v) is 6.66. The van der Waals surface area contributed by atoms with E-state index in [1.807, 2.05) is 25.3 Å². The van der Waals surface area contributed by atoms with Crippen LogP contribution in [0.15, 0.2) is 42.6 Å². The Kier molecular flexibility index (Phi) is 6.25. The predicted octanol–water partition coefficient (Wildman–Crippen LogP) is -0.608. The van der Waals surface area contributed by atoms with Crippen LogP contribution in [0.2, 0.25) is 0 Å². The van der Waals surface area contributed by atoms with Crippen molar-refractivity contribution in [2.75, 3.05) is 39.9 Å². The number of quaternary nitrogens is 2. The molecule has 134 valence electrons. The van der Waals surface area contributed by atoms with Crippen LogP contribution in [0.1, 0.15) is 18.2 Å². The van der Waals surface area contributed by atoms with Gasteiger partial charge in [0, 0.05) is 17.7 Å². The lowest BCUT2D eigenvalue weighted by Gasteiger charge is -2.29. The van der Waals surface area contributed by atoms with Crippen molar-refractivity contribution in [3.8, 4) is 11.5 Å². The SMILES string of the molecule is CCOc1cc(C[NH+]2CC[NH+](Cc3cccc[nH+]3)CC2)ccc1OC. The number of benzene rings is 1. The Morgan fingerprint density at radius 2 is 1.72 bits per heavy atom. The van der Waals surface area contributed by atoms with Crippen LogP contribution in [-0.4, -0.2) is 39.9 Å². The third-order valence-corrected chi connectivity index (χ3v) is 4.86. The summed E-state index contributed by atoms with van der Waals surface area (Å²) in [4.78, 5) is 6.65. The van der Waals surface area contributed by atoms with Crippen molar-refractivity contribution in [1.29, 1.82) is 0 Å². The number of aromatic amines is 1. The summed E-state index contributed by atoms with van der Waals surface area (Å²) in [5.74, 6) is 1.67. The number of rotatable bonds is 7. The molecule has 3 N–H and O–H groups in total. The summed E-state index contributed by atoms with van der Waals surface area (Å²) < 4.78 is 11.1. The fraction of sp³-hybridized carbons (Fsp3) is 0.450. The molecule has 0 radical (unpaired) electrons. The molecule has 0 amide bonds. The minimum atomic E-state index is 0.658. The molecule has 3 rings (SSSR count). The third-order valence-electron chi connectivity index (χ3n) is 4.86. The highest BCUT2D eigenvalue weighted by Crippen LogP contribution is 2.27. The smallest absolute Gasteiger partial charge is 0.234 e. The molecule has 2 heterocycles. The first kappa shape index (κ1) is 17.7. The summed E-state index contributed by atoms with van der Waals surface area (Å²) in [5, 5.41) is 0. The molecule has 1 aliphatic heterocycles. The van der Waals surface area contributed by atoms with Crippen molar-refractivity contribution in [3.63, 3.8) is 0 Å². The molecule has 25 heavy (non-hydrogen) atoms. The van der Waals surface area contributed by atoms with Crippen molar-refractivity contribution in [2.45, 2.75) is 20.0 Å². The van der Waals surface area contributed by atoms with Crippen LogP contribution in [-0.2, 0) is 13.1 Å². The quantitative estimate of drug-likeness (QED) is 0.704. The van der Waals surface area contributed by atoms with Gasteiger partial charge in [-0.1, -0.05) is 0 Å². The lowest BCUT2D eigenvalue weighted by molar-refractivity contribution is -1.03. The zero-order valence-electron chi connectivity index (χ0n) is 15.3. The number of ether oxygens (including phenoxy) is 2. The second kappa shape index (κ2) is 8.83. The minimum Gasteiger partial charge on any atom is -0.493 e. The fourth-order valence-corrected chi connectivity index (χ4v) is 3.51. The van der Waals surface area contributed by atoms with E-state index >= 15 is 0 Å². The van der Waals surface area contributed by atoms with E-state index in [0.29, 0.717) is 6.61 Å². The molecule has 0 saturated carbocycles. The van der Waals surface area contributed by atoms with Gasteiger partial charge in [0.2, 0.25) is 5.69 Å². The number of hydrogen-bond donors (Lipinski definition) is 2. The number of H-pyrrole nitrogens is 1. The Hall–Kier alpha value is -2.11. The molecule has 1 saturated heterocycles. The summed E-state index contributed by atoms with van der Waals surface area (Å²) in [7, 11) is 1.69. The molecular weight excluding hydrogens is 314 g/mol. The maximum Gasteiger partial charge on any atom is 0.234 e. The number of hydrogen-bond acceptors (Lipinski definition) is 2. The first-order chi connectivity index (χ1) is 12.3. The molecular formula is C20H30N3O2+3. The number of pyridine rings is 1. The van der Waals surface area contributed by atoms with Crippen LogP contribution in [0.25, 0.3) is 0 Å². The van der Waals surface area contributed by atoms with Gasteiger partial charge in [-0.05, 0) is 31.2 Å². The number of aromatic nitrogens is 1. The van der Waals surface area contributed by atoms with Gasteiger partial charge in [-0.15, -0.1) is 0 Å². The van der Waals surface area contributed by atoms with Crippen LogP contribution < -0.4 is 24.3 Å². The van der Waals surface area contributed by atoms with E-state index in [1.54, 1.807) is 16.9 Å². The Bertz CT molecular complexity index is 655. The minimum absolute atomic E-state index is 0.658. The topological polar surface area (TPSA) is 41.5 Å². The van der Waals surface area contributed by atoms with Gasteiger partial charge in [-0.3, -0.25) is 0 Å². The van der Waals surface area contributed by atoms with Crippen molar-refractivity contribution >= 4 is 0 Å². The van der Waals surface area contributed by atoms with Gasteiger partial charge >= 0.3 is 0 Å². The van der Waals surface area contributed by atoms with Crippen molar-refractivity contribution in [1.82, 2.24) is 0 Å². The van der Waals surface area contributed by atoms with Gasteiger partial charge in [-0.25, -0.2) is 4.98 Å². The predicted molar refractivity (Wildman–Crippen MR) is 96.0 cm³/mol. The Balaban J connectivity index is 1.52. The zero-order chi connectivity index (χ0) is 17.5. The molecule has 0 bridgehead atoms. The maximum absolute atomic E-state index is 5.70. The molecule has 1 fully saturated rings. The van der Waals surface area contributed by atoms with Gasteiger partial charge in [0.15, 0.2) is 24.2 Å². The molecule has 1 aliphatic rings. The summed E-state index contributed by atoms with van der Waals surface area (Å²) in [5.41, 5.74) is 2.64.